The summed E-state index contributed by atoms with van der Waals surface area (Å²) in [4.78, 5) is 10.9. The maximum absolute atomic E-state index is 13.1. The van der Waals surface area contributed by atoms with Gasteiger partial charge in [0, 0.05) is 0 Å². The first-order valence-corrected chi connectivity index (χ1v) is 4.16. The van der Waals surface area contributed by atoms with Gasteiger partial charge in [-0.05, 0) is 24.1 Å². The number of carbonyl (C=O) groups is 1. The lowest BCUT2D eigenvalue weighted by molar-refractivity contribution is -0.139. The minimum Gasteiger partial charge on any atom is -0.469 e. The summed E-state index contributed by atoms with van der Waals surface area (Å²) in [5, 5.41) is 0. The first-order valence-electron chi connectivity index (χ1n) is 4.16. The fourth-order valence-electron chi connectivity index (χ4n) is 1.21. The quantitative estimate of drug-likeness (QED) is 0.576. The molecule has 1 aromatic carbocycles. The maximum Gasteiger partial charge on any atom is 0.309 e. The Kier molecular flexibility index (Phi) is 3.06. The van der Waals surface area contributed by atoms with Crippen molar-refractivity contribution in [2.45, 2.75) is 13.3 Å². The number of carbonyl (C=O) groups excluding carboxylic acids is 1. The van der Waals surface area contributed by atoms with Crippen molar-refractivity contribution in [1.29, 1.82) is 0 Å². The molecule has 0 saturated carbocycles. The van der Waals surface area contributed by atoms with E-state index in [0.717, 1.165) is 0 Å². The van der Waals surface area contributed by atoms with E-state index >= 15 is 0 Å². The van der Waals surface area contributed by atoms with E-state index in [1.165, 1.54) is 13.2 Å². The summed E-state index contributed by atoms with van der Waals surface area (Å²) in [6.45, 7) is 1.60. The molecule has 0 heterocycles. The van der Waals surface area contributed by atoms with E-state index in [0.29, 0.717) is 11.1 Å². The van der Waals surface area contributed by atoms with Crippen LogP contribution in [-0.2, 0) is 16.0 Å². The molecule has 0 radical (unpaired) electrons. The van der Waals surface area contributed by atoms with E-state index in [1.54, 1.807) is 13.0 Å². The normalized spacial score (nSPS) is 9.93. The molecule has 0 bridgehead atoms. The summed E-state index contributed by atoms with van der Waals surface area (Å²) in [5.41, 5.74) is 6.57. The molecule has 1 aromatic rings. The number of esters is 1. The van der Waals surface area contributed by atoms with Crippen LogP contribution in [0.2, 0.25) is 0 Å². The van der Waals surface area contributed by atoms with Crippen molar-refractivity contribution in [3.05, 3.63) is 29.1 Å². The van der Waals surface area contributed by atoms with E-state index in [-0.39, 0.29) is 18.1 Å². The molecule has 0 saturated heterocycles. The highest BCUT2D eigenvalue weighted by Gasteiger charge is 2.08. The largest absolute Gasteiger partial charge is 0.469 e. The van der Waals surface area contributed by atoms with Crippen molar-refractivity contribution in [2.75, 3.05) is 12.8 Å². The molecule has 0 amide bonds. The molecule has 3 nitrogen and oxygen atoms in total. The molecule has 0 aromatic heterocycles. The lowest BCUT2D eigenvalue weighted by atomic mass is 10.1. The van der Waals surface area contributed by atoms with E-state index < -0.39 is 5.82 Å². The average Bonchev–Trinajstić information content (AvgIpc) is 2.14. The van der Waals surface area contributed by atoms with Crippen LogP contribution in [0.1, 0.15) is 11.1 Å². The highest BCUT2D eigenvalue weighted by Crippen LogP contribution is 2.17. The molecule has 0 atom stereocenters. The second kappa shape index (κ2) is 4.09. The second-order valence-corrected chi connectivity index (χ2v) is 3.07. The van der Waals surface area contributed by atoms with Crippen molar-refractivity contribution in [2.24, 2.45) is 0 Å². The molecule has 76 valence electrons. The molecule has 0 spiro atoms. The molecule has 4 heteroatoms. The molecule has 0 unspecified atom stereocenters. The average molecular weight is 197 g/mol. The lowest BCUT2D eigenvalue weighted by Crippen LogP contribution is -2.06. The summed E-state index contributed by atoms with van der Waals surface area (Å²) >= 11 is 0. The molecule has 14 heavy (non-hydrogen) atoms. The van der Waals surface area contributed by atoms with Gasteiger partial charge in [0.05, 0.1) is 19.2 Å². The highest BCUT2D eigenvalue weighted by molar-refractivity contribution is 5.73. The van der Waals surface area contributed by atoms with Crippen molar-refractivity contribution in [3.8, 4) is 0 Å². The maximum atomic E-state index is 13.1. The minimum atomic E-state index is -0.432. The standard InChI is InChI=1S/C10H12FNO2/c1-6-3-7(5-9(13)14-2)4-8(12)10(6)11/h3-4H,5,12H2,1-2H3. The van der Waals surface area contributed by atoms with Crippen molar-refractivity contribution in [1.82, 2.24) is 0 Å². The van der Waals surface area contributed by atoms with Gasteiger partial charge in [0.15, 0.2) is 0 Å². The fraction of sp³-hybridized carbons (Fsp3) is 0.300. The van der Waals surface area contributed by atoms with Crippen LogP contribution < -0.4 is 5.73 Å². The minimum absolute atomic E-state index is 0.0592. The number of hydrogen-bond acceptors (Lipinski definition) is 3. The van der Waals surface area contributed by atoms with E-state index in [2.05, 4.69) is 4.74 Å². The van der Waals surface area contributed by atoms with Crippen LogP contribution in [-0.4, -0.2) is 13.1 Å². The first kappa shape index (κ1) is 10.5. The number of benzene rings is 1. The predicted molar refractivity (Wildman–Crippen MR) is 51.3 cm³/mol. The zero-order valence-electron chi connectivity index (χ0n) is 8.13. The van der Waals surface area contributed by atoms with Gasteiger partial charge in [0.2, 0.25) is 0 Å². The van der Waals surface area contributed by atoms with Crippen molar-refractivity contribution in [3.63, 3.8) is 0 Å². The topological polar surface area (TPSA) is 52.3 Å². The van der Waals surface area contributed by atoms with Crippen LogP contribution in [0, 0.1) is 12.7 Å². The molecule has 0 fully saturated rings. The van der Waals surface area contributed by atoms with Gasteiger partial charge in [-0.15, -0.1) is 0 Å². The number of ether oxygens (including phenoxy) is 1. The first-order chi connectivity index (χ1) is 6.54. The van der Waals surface area contributed by atoms with Gasteiger partial charge in [-0.3, -0.25) is 4.79 Å². The number of halogens is 1. The van der Waals surface area contributed by atoms with Gasteiger partial charge in [-0.2, -0.15) is 0 Å². The number of aryl methyl sites for hydroxylation is 1. The van der Waals surface area contributed by atoms with Gasteiger partial charge in [-0.1, -0.05) is 6.07 Å². The van der Waals surface area contributed by atoms with Crippen LogP contribution in [0.15, 0.2) is 12.1 Å². The number of nitrogen functional groups attached to an aromatic ring is 1. The summed E-state index contributed by atoms with van der Waals surface area (Å²) in [5.74, 6) is -0.797. The number of methoxy groups -OCH3 is 1. The third-order valence-corrected chi connectivity index (χ3v) is 1.92. The third kappa shape index (κ3) is 2.22. The fourth-order valence-corrected chi connectivity index (χ4v) is 1.21. The summed E-state index contributed by atoms with van der Waals surface area (Å²) < 4.78 is 17.6. The Hall–Kier alpha value is -1.58. The number of hydrogen-bond donors (Lipinski definition) is 1. The molecule has 0 aliphatic carbocycles. The van der Waals surface area contributed by atoms with Crippen LogP contribution in [0.3, 0.4) is 0 Å². The van der Waals surface area contributed by atoms with Gasteiger partial charge < -0.3 is 10.5 Å². The number of rotatable bonds is 2. The lowest BCUT2D eigenvalue weighted by Gasteiger charge is -2.05. The zero-order chi connectivity index (χ0) is 10.7. The smallest absolute Gasteiger partial charge is 0.309 e. The van der Waals surface area contributed by atoms with E-state index in [9.17, 15) is 9.18 Å². The number of nitrogens with two attached hydrogens (primary N) is 1. The van der Waals surface area contributed by atoms with Crippen molar-refractivity contribution >= 4 is 11.7 Å². The van der Waals surface area contributed by atoms with Gasteiger partial charge in [-0.25, -0.2) is 4.39 Å². The Morgan fingerprint density at radius 3 is 2.71 bits per heavy atom. The Balaban J connectivity index is 2.95. The summed E-state index contributed by atoms with van der Waals surface area (Å²) in [7, 11) is 1.31. The molecule has 2 N–H and O–H groups in total. The number of anilines is 1. The summed E-state index contributed by atoms with van der Waals surface area (Å²) in [6.07, 6.45) is 0.113. The van der Waals surface area contributed by atoms with Gasteiger partial charge in [0.25, 0.3) is 0 Å². The second-order valence-electron chi connectivity index (χ2n) is 3.07. The van der Waals surface area contributed by atoms with Crippen LogP contribution in [0.5, 0.6) is 0 Å². The van der Waals surface area contributed by atoms with E-state index in [1.807, 2.05) is 0 Å². The van der Waals surface area contributed by atoms with Crippen LogP contribution >= 0.6 is 0 Å². The monoisotopic (exact) mass is 197 g/mol. The SMILES string of the molecule is COC(=O)Cc1cc(C)c(F)c(N)c1. The van der Waals surface area contributed by atoms with Crippen molar-refractivity contribution < 1.29 is 13.9 Å². The highest BCUT2D eigenvalue weighted by atomic mass is 19.1. The summed E-state index contributed by atoms with van der Waals surface area (Å²) in [6, 6.07) is 3.03. The third-order valence-electron chi connectivity index (χ3n) is 1.92. The van der Waals surface area contributed by atoms with E-state index in [4.69, 9.17) is 5.73 Å². The van der Waals surface area contributed by atoms with Crippen LogP contribution in [0.25, 0.3) is 0 Å². The van der Waals surface area contributed by atoms with Gasteiger partial charge in [0.1, 0.15) is 5.82 Å². The molecular weight excluding hydrogens is 185 g/mol. The zero-order valence-corrected chi connectivity index (χ0v) is 8.13. The molecule has 0 aliphatic heterocycles. The van der Waals surface area contributed by atoms with Crippen LogP contribution in [0.4, 0.5) is 10.1 Å². The molecular formula is C10H12FNO2. The Labute approximate surface area is 81.7 Å². The Morgan fingerprint density at radius 2 is 2.21 bits per heavy atom. The molecule has 0 aliphatic rings. The molecule has 1 rings (SSSR count). The Morgan fingerprint density at radius 1 is 1.57 bits per heavy atom. The van der Waals surface area contributed by atoms with Gasteiger partial charge >= 0.3 is 5.97 Å². The predicted octanol–water partition coefficient (Wildman–Crippen LogP) is 1.43. The Bertz CT molecular complexity index is 340.